The van der Waals surface area contributed by atoms with Gasteiger partial charge in [-0.1, -0.05) is 20.8 Å². The van der Waals surface area contributed by atoms with E-state index in [1.807, 2.05) is 4.90 Å². The number of rotatable bonds is 4. The molecule has 1 amide bonds. The second-order valence-corrected chi connectivity index (χ2v) is 5.75. The van der Waals surface area contributed by atoms with E-state index in [9.17, 15) is 4.79 Å². The Labute approximate surface area is 99.6 Å². The van der Waals surface area contributed by atoms with Crippen LogP contribution >= 0.6 is 0 Å². The standard InChI is InChI=1S/C13H26N2O/c1-5-14-11(2)9-12(16)15-8-6-7-13(3,4)10-15/h11,14H,5-10H2,1-4H3. The van der Waals surface area contributed by atoms with E-state index in [0.717, 1.165) is 26.1 Å². The van der Waals surface area contributed by atoms with Crippen LogP contribution in [0.4, 0.5) is 0 Å². The van der Waals surface area contributed by atoms with Crippen LogP contribution in [0, 0.1) is 5.41 Å². The van der Waals surface area contributed by atoms with Crippen molar-refractivity contribution in [1.29, 1.82) is 0 Å². The number of hydrogen-bond acceptors (Lipinski definition) is 2. The molecule has 1 heterocycles. The number of piperidine rings is 1. The molecule has 0 spiro atoms. The largest absolute Gasteiger partial charge is 0.342 e. The van der Waals surface area contributed by atoms with Crippen LogP contribution < -0.4 is 5.32 Å². The van der Waals surface area contributed by atoms with Crippen LogP contribution in [0.1, 0.15) is 47.0 Å². The van der Waals surface area contributed by atoms with Gasteiger partial charge in [0.25, 0.3) is 0 Å². The summed E-state index contributed by atoms with van der Waals surface area (Å²) in [4.78, 5) is 14.1. The SMILES string of the molecule is CCNC(C)CC(=O)N1CCCC(C)(C)C1. The van der Waals surface area contributed by atoms with Crippen LogP contribution in [-0.2, 0) is 4.79 Å². The molecule has 1 fully saturated rings. The summed E-state index contributed by atoms with van der Waals surface area (Å²) < 4.78 is 0. The first-order chi connectivity index (χ1) is 7.44. The summed E-state index contributed by atoms with van der Waals surface area (Å²) in [6, 6.07) is 0.294. The Bertz CT molecular complexity index is 238. The molecule has 0 saturated carbocycles. The van der Waals surface area contributed by atoms with Crippen LogP contribution in [0.2, 0.25) is 0 Å². The van der Waals surface area contributed by atoms with E-state index in [1.165, 1.54) is 6.42 Å². The summed E-state index contributed by atoms with van der Waals surface area (Å²) in [7, 11) is 0. The van der Waals surface area contributed by atoms with Gasteiger partial charge < -0.3 is 10.2 Å². The summed E-state index contributed by atoms with van der Waals surface area (Å²) in [5, 5.41) is 3.29. The minimum absolute atomic E-state index is 0.294. The molecule has 0 radical (unpaired) electrons. The Morgan fingerprint density at radius 1 is 1.50 bits per heavy atom. The third kappa shape index (κ3) is 4.12. The fourth-order valence-corrected chi connectivity index (χ4v) is 2.45. The minimum Gasteiger partial charge on any atom is -0.342 e. The van der Waals surface area contributed by atoms with E-state index >= 15 is 0 Å². The smallest absolute Gasteiger partial charge is 0.224 e. The molecule has 0 aromatic rings. The van der Waals surface area contributed by atoms with Crippen molar-refractivity contribution in [3.8, 4) is 0 Å². The van der Waals surface area contributed by atoms with E-state index < -0.39 is 0 Å². The van der Waals surface area contributed by atoms with Crippen molar-refractivity contribution in [2.75, 3.05) is 19.6 Å². The summed E-state index contributed by atoms with van der Waals surface area (Å²) in [6.07, 6.45) is 3.01. The van der Waals surface area contributed by atoms with Gasteiger partial charge in [-0.15, -0.1) is 0 Å². The van der Waals surface area contributed by atoms with Gasteiger partial charge in [0.05, 0.1) is 0 Å². The van der Waals surface area contributed by atoms with Crippen molar-refractivity contribution in [3.05, 3.63) is 0 Å². The molecule has 16 heavy (non-hydrogen) atoms. The number of nitrogens with zero attached hydrogens (tertiary/aromatic N) is 1. The van der Waals surface area contributed by atoms with Crippen molar-refractivity contribution >= 4 is 5.91 Å². The highest BCUT2D eigenvalue weighted by atomic mass is 16.2. The summed E-state index contributed by atoms with van der Waals surface area (Å²) in [5.74, 6) is 0.307. The van der Waals surface area contributed by atoms with Crippen molar-refractivity contribution in [1.82, 2.24) is 10.2 Å². The van der Waals surface area contributed by atoms with E-state index in [1.54, 1.807) is 0 Å². The molecule has 0 aromatic carbocycles. The number of carbonyl (C=O) groups excluding carboxylic acids is 1. The molecule has 1 aliphatic heterocycles. The normalized spacial score (nSPS) is 21.9. The lowest BCUT2D eigenvalue weighted by Gasteiger charge is -2.38. The van der Waals surface area contributed by atoms with Gasteiger partial charge in [0.1, 0.15) is 0 Å². The van der Waals surface area contributed by atoms with Crippen molar-refractivity contribution in [2.45, 2.75) is 53.0 Å². The fourth-order valence-electron chi connectivity index (χ4n) is 2.45. The molecular formula is C13H26N2O. The minimum atomic E-state index is 0.294. The molecule has 0 bridgehead atoms. The van der Waals surface area contributed by atoms with E-state index in [-0.39, 0.29) is 0 Å². The quantitative estimate of drug-likeness (QED) is 0.795. The Balaban J connectivity index is 2.41. The topological polar surface area (TPSA) is 32.3 Å². The van der Waals surface area contributed by atoms with Gasteiger partial charge in [0, 0.05) is 25.6 Å². The molecular weight excluding hydrogens is 200 g/mol. The molecule has 94 valence electrons. The third-order valence-corrected chi connectivity index (χ3v) is 3.29. The first kappa shape index (κ1) is 13.5. The molecule has 1 atom stereocenters. The van der Waals surface area contributed by atoms with Gasteiger partial charge in [0.2, 0.25) is 5.91 Å². The lowest BCUT2D eigenvalue weighted by molar-refractivity contribution is -0.134. The lowest BCUT2D eigenvalue weighted by Crippen LogP contribution is -2.45. The Hall–Kier alpha value is -0.570. The maximum absolute atomic E-state index is 12.1. The van der Waals surface area contributed by atoms with Gasteiger partial charge in [-0.25, -0.2) is 0 Å². The zero-order valence-corrected chi connectivity index (χ0v) is 11.2. The molecule has 1 N–H and O–H groups in total. The van der Waals surface area contributed by atoms with Gasteiger partial charge in [0.15, 0.2) is 0 Å². The Kier molecular flexibility index (Phi) is 4.78. The number of likely N-dealkylation sites (tertiary alicyclic amines) is 1. The molecule has 1 rings (SSSR count). The maximum atomic E-state index is 12.1. The van der Waals surface area contributed by atoms with Gasteiger partial charge >= 0.3 is 0 Å². The van der Waals surface area contributed by atoms with Crippen molar-refractivity contribution in [3.63, 3.8) is 0 Å². The highest BCUT2D eigenvalue weighted by molar-refractivity contribution is 5.76. The van der Waals surface area contributed by atoms with Crippen LogP contribution in [0.25, 0.3) is 0 Å². The zero-order chi connectivity index (χ0) is 12.2. The summed E-state index contributed by atoms with van der Waals surface area (Å²) in [5.41, 5.74) is 0.301. The number of amides is 1. The van der Waals surface area contributed by atoms with E-state index in [0.29, 0.717) is 23.8 Å². The number of hydrogen-bond donors (Lipinski definition) is 1. The van der Waals surface area contributed by atoms with Crippen LogP contribution in [0.15, 0.2) is 0 Å². The number of carbonyl (C=O) groups is 1. The molecule has 0 aliphatic carbocycles. The lowest BCUT2D eigenvalue weighted by atomic mass is 9.84. The van der Waals surface area contributed by atoms with E-state index in [4.69, 9.17) is 0 Å². The molecule has 3 nitrogen and oxygen atoms in total. The monoisotopic (exact) mass is 226 g/mol. The third-order valence-electron chi connectivity index (χ3n) is 3.29. The first-order valence-corrected chi connectivity index (χ1v) is 6.46. The molecule has 1 saturated heterocycles. The predicted molar refractivity (Wildman–Crippen MR) is 67.4 cm³/mol. The molecule has 0 aromatic heterocycles. The first-order valence-electron chi connectivity index (χ1n) is 6.46. The highest BCUT2D eigenvalue weighted by Gasteiger charge is 2.29. The average molecular weight is 226 g/mol. The average Bonchev–Trinajstić information content (AvgIpc) is 2.16. The zero-order valence-electron chi connectivity index (χ0n) is 11.2. The number of nitrogens with one attached hydrogen (secondary N) is 1. The second-order valence-electron chi connectivity index (χ2n) is 5.75. The van der Waals surface area contributed by atoms with Gasteiger partial charge in [-0.3, -0.25) is 4.79 Å². The Morgan fingerprint density at radius 3 is 2.75 bits per heavy atom. The highest BCUT2D eigenvalue weighted by Crippen LogP contribution is 2.28. The van der Waals surface area contributed by atoms with Gasteiger partial charge in [-0.05, 0) is 31.7 Å². The van der Waals surface area contributed by atoms with Crippen LogP contribution in [0.5, 0.6) is 0 Å². The summed E-state index contributed by atoms with van der Waals surface area (Å²) >= 11 is 0. The molecule has 1 unspecified atom stereocenters. The summed E-state index contributed by atoms with van der Waals surface area (Å²) in [6.45, 7) is 11.5. The van der Waals surface area contributed by atoms with Crippen molar-refractivity contribution in [2.24, 2.45) is 5.41 Å². The van der Waals surface area contributed by atoms with E-state index in [2.05, 4.69) is 33.0 Å². The van der Waals surface area contributed by atoms with Gasteiger partial charge in [-0.2, -0.15) is 0 Å². The fraction of sp³-hybridized carbons (Fsp3) is 0.923. The predicted octanol–water partition coefficient (Wildman–Crippen LogP) is 2.02. The molecule has 3 heteroatoms. The van der Waals surface area contributed by atoms with Crippen LogP contribution in [-0.4, -0.2) is 36.5 Å². The molecule has 1 aliphatic rings. The van der Waals surface area contributed by atoms with Crippen molar-refractivity contribution < 1.29 is 4.79 Å². The maximum Gasteiger partial charge on any atom is 0.224 e. The Morgan fingerprint density at radius 2 is 2.19 bits per heavy atom. The van der Waals surface area contributed by atoms with Crippen LogP contribution in [0.3, 0.4) is 0 Å². The second kappa shape index (κ2) is 5.67.